The van der Waals surface area contributed by atoms with Crippen LogP contribution in [-0.4, -0.2) is 55.7 Å². The second-order valence-electron chi connectivity index (χ2n) is 4.41. The first-order valence-corrected chi connectivity index (χ1v) is 5.93. The molecule has 1 aromatic heterocycles. The van der Waals surface area contributed by atoms with Crippen molar-refractivity contribution in [3.63, 3.8) is 0 Å². The number of rotatable bonds is 3. The first-order valence-electron chi connectivity index (χ1n) is 5.93. The lowest BCUT2D eigenvalue weighted by atomic mass is 10.1. The molecule has 1 aliphatic heterocycles. The molecule has 1 unspecified atom stereocenters. The number of amides is 1. The van der Waals surface area contributed by atoms with Gasteiger partial charge in [-0.3, -0.25) is 9.36 Å². The molecule has 1 aromatic rings. The monoisotopic (exact) mass is 285 g/mol. The van der Waals surface area contributed by atoms with Gasteiger partial charge in [0.15, 0.2) is 6.23 Å². The van der Waals surface area contributed by atoms with Gasteiger partial charge in [-0.05, 0) is 6.07 Å². The van der Waals surface area contributed by atoms with E-state index in [1.54, 1.807) is 0 Å². The lowest BCUT2D eigenvalue weighted by molar-refractivity contribution is -0.114. The van der Waals surface area contributed by atoms with E-state index in [1.807, 2.05) is 0 Å². The fraction of sp³-hybridized carbons (Fsp3) is 0.545. The summed E-state index contributed by atoms with van der Waals surface area (Å²) in [6.45, 7) is 0.792. The van der Waals surface area contributed by atoms with Crippen LogP contribution in [0.25, 0.3) is 0 Å². The summed E-state index contributed by atoms with van der Waals surface area (Å²) < 4.78 is 6.19. The van der Waals surface area contributed by atoms with Crippen molar-refractivity contribution in [2.75, 3.05) is 11.9 Å². The van der Waals surface area contributed by atoms with Gasteiger partial charge < -0.3 is 25.4 Å². The standard InChI is InChI=1S/C11H15N3O6/c1-5(16)12-7-2-3-14(11(19)13-7)10-9(18)8(17)6(4-15)20-10/h2-3,6,8-10,15,17-18H,4H2,1H3,(H,12,13,16,19)/t6-,8-,9+,10?/m1/s1. The number of aliphatic hydroxyl groups is 3. The summed E-state index contributed by atoms with van der Waals surface area (Å²) in [5.41, 5.74) is -0.758. The van der Waals surface area contributed by atoms with Gasteiger partial charge in [0.2, 0.25) is 5.91 Å². The molecule has 0 aliphatic carbocycles. The summed E-state index contributed by atoms with van der Waals surface area (Å²) in [7, 11) is 0. The Labute approximate surface area is 113 Å². The molecule has 4 atom stereocenters. The molecule has 110 valence electrons. The van der Waals surface area contributed by atoms with Crippen LogP contribution in [0, 0.1) is 0 Å². The summed E-state index contributed by atoms with van der Waals surface area (Å²) in [6.07, 6.45) is -3.50. The summed E-state index contributed by atoms with van der Waals surface area (Å²) >= 11 is 0. The van der Waals surface area contributed by atoms with E-state index in [0.717, 1.165) is 4.57 Å². The quantitative estimate of drug-likeness (QED) is 0.495. The topological polar surface area (TPSA) is 134 Å². The zero-order valence-corrected chi connectivity index (χ0v) is 10.6. The third-order valence-corrected chi connectivity index (χ3v) is 2.93. The molecule has 1 saturated heterocycles. The number of hydrogen-bond donors (Lipinski definition) is 4. The van der Waals surface area contributed by atoms with Gasteiger partial charge in [-0.2, -0.15) is 4.98 Å². The van der Waals surface area contributed by atoms with Gasteiger partial charge in [0.1, 0.15) is 24.1 Å². The molecular weight excluding hydrogens is 270 g/mol. The minimum absolute atomic E-state index is 0.0745. The van der Waals surface area contributed by atoms with Gasteiger partial charge in [-0.15, -0.1) is 0 Å². The lowest BCUT2D eigenvalue weighted by Gasteiger charge is -2.17. The van der Waals surface area contributed by atoms with Crippen LogP contribution in [0.2, 0.25) is 0 Å². The smallest absolute Gasteiger partial charge is 0.351 e. The van der Waals surface area contributed by atoms with E-state index in [2.05, 4.69) is 10.3 Å². The molecule has 9 heteroatoms. The lowest BCUT2D eigenvalue weighted by Crippen LogP contribution is -2.36. The molecule has 0 spiro atoms. The number of hydrogen-bond acceptors (Lipinski definition) is 7. The van der Waals surface area contributed by atoms with Crippen LogP contribution in [0.1, 0.15) is 13.2 Å². The van der Waals surface area contributed by atoms with E-state index in [1.165, 1.54) is 19.2 Å². The maximum atomic E-state index is 11.8. The second kappa shape index (κ2) is 5.67. The number of nitrogens with one attached hydrogen (secondary N) is 1. The highest BCUT2D eigenvalue weighted by Crippen LogP contribution is 2.27. The number of carbonyl (C=O) groups is 1. The molecule has 4 N–H and O–H groups in total. The fourth-order valence-electron chi connectivity index (χ4n) is 1.97. The van der Waals surface area contributed by atoms with E-state index in [0.29, 0.717) is 0 Å². The molecule has 1 fully saturated rings. The molecule has 0 saturated carbocycles. The fourth-order valence-corrected chi connectivity index (χ4v) is 1.97. The van der Waals surface area contributed by atoms with Crippen molar-refractivity contribution < 1.29 is 24.9 Å². The van der Waals surface area contributed by atoms with Crippen LogP contribution in [0.15, 0.2) is 17.1 Å². The average Bonchev–Trinajstić information content (AvgIpc) is 2.66. The van der Waals surface area contributed by atoms with Gasteiger partial charge in [-0.25, -0.2) is 4.79 Å². The van der Waals surface area contributed by atoms with Gasteiger partial charge >= 0.3 is 5.69 Å². The zero-order valence-electron chi connectivity index (χ0n) is 10.6. The van der Waals surface area contributed by atoms with E-state index in [9.17, 15) is 19.8 Å². The SMILES string of the molecule is CC(=O)Nc1ccn(C2O[C@H](CO)[C@@H](O)[C@@H]2O)c(=O)n1. The van der Waals surface area contributed by atoms with E-state index in [4.69, 9.17) is 9.84 Å². The van der Waals surface area contributed by atoms with Crippen molar-refractivity contribution in [1.29, 1.82) is 0 Å². The van der Waals surface area contributed by atoms with Crippen molar-refractivity contribution in [3.8, 4) is 0 Å². The van der Waals surface area contributed by atoms with Crippen molar-refractivity contribution >= 4 is 11.7 Å². The van der Waals surface area contributed by atoms with Crippen LogP contribution in [0.4, 0.5) is 5.82 Å². The van der Waals surface area contributed by atoms with Crippen molar-refractivity contribution in [1.82, 2.24) is 9.55 Å². The van der Waals surface area contributed by atoms with Gasteiger partial charge in [0, 0.05) is 13.1 Å². The van der Waals surface area contributed by atoms with Crippen LogP contribution in [0.5, 0.6) is 0 Å². The Morgan fingerprint density at radius 3 is 2.70 bits per heavy atom. The summed E-state index contributed by atoms with van der Waals surface area (Å²) in [5, 5.41) is 30.8. The maximum Gasteiger partial charge on any atom is 0.351 e. The molecule has 20 heavy (non-hydrogen) atoms. The molecule has 0 radical (unpaired) electrons. The Morgan fingerprint density at radius 1 is 1.50 bits per heavy atom. The van der Waals surface area contributed by atoms with Gasteiger partial charge in [-0.1, -0.05) is 0 Å². The van der Waals surface area contributed by atoms with Crippen molar-refractivity contribution in [2.45, 2.75) is 31.5 Å². The Balaban J connectivity index is 2.26. The molecule has 2 rings (SSSR count). The minimum Gasteiger partial charge on any atom is -0.394 e. The van der Waals surface area contributed by atoms with Gasteiger partial charge in [0.25, 0.3) is 0 Å². The van der Waals surface area contributed by atoms with Crippen molar-refractivity contribution in [2.24, 2.45) is 0 Å². The Kier molecular flexibility index (Phi) is 4.14. The molecular formula is C11H15N3O6. The highest BCUT2D eigenvalue weighted by Gasteiger charge is 2.43. The zero-order chi connectivity index (χ0) is 14.9. The van der Waals surface area contributed by atoms with Crippen molar-refractivity contribution in [3.05, 3.63) is 22.7 Å². The number of nitrogens with zero attached hydrogens (tertiary/aromatic N) is 2. The molecule has 9 nitrogen and oxygen atoms in total. The van der Waals surface area contributed by atoms with E-state index < -0.39 is 36.8 Å². The van der Waals surface area contributed by atoms with E-state index in [-0.39, 0.29) is 11.7 Å². The largest absolute Gasteiger partial charge is 0.394 e. The van der Waals surface area contributed by atoms with Crippen LogP contribution in [-0.2, 0) is 9.53 Å². The summed E-state index contributed by atoms with van der Waals surface area (Å²) in [4.78, 5) is 26.3. The predicted molar refractivity (Wildman–Crippen MR) is 65.8 cm³/mol. The van der Waals surface area contributed by atoms with Crippen LogP contribution >= 0.6 is 0 Å². The molecule has 0 aromatic carbocycles. The number of carbonyl (C=O) groups excluding carboxylic acids is 1. The first-order chi connectivity index (χ1) is 9.43. The Bertz CT molecular complexity index is 559. The third-order valence-electron chi connectivity index (χ3n) is 2.93. The number of aliphatic hydroxyl groups excluding tert-OH is 3. The molecule has 2 heterocycles. The molecule has 1 amide bonds. The third kappa shape index (κ3) is 2.70. The number of ether oxygens (including phenoxy) is 1. The van der Waals surface area contributed by atoms with E-state index >= 15 is 0 Å². The van der Waals surface area contributed by atoms with Crippen LogP contribution < -0.4 is 11.0 Å². The number of anilines is 1. The molecule has 1 aliphatic rings. The number of aromatic nitrogens is 2. The first kappa shape index (κ1) is 14.6. The van der Waals surface area contributed by atoms with Crippen LogP contribution in [0.3, 0.4) is 0 Å². The highest BCUT2D eigenvalue weighted by molar-refractivity contribution is 5.87. The highest BCUT2D eigenvalue weighted by atomic mass is 16.6. The normalized spacial score (nSPS) is 29.4. The minimum atomic E-state index is -1.36. The summed E-state index contributed by atoms with van der Waals surface area (Å²) in [5.74, 6) is -0.298. The molecule has 0 bridgehead atoms. The maximum absolute atomic E-state index is 11.8. The Morgan fingerprint density at radius 2 is 2.20 bits per heavy atom. The predicted octanol–water partition coefficient (Wildman–Crippen LogP) is -2.19. The summed E-state index contributed by atoms with van der Waals surface area (Å²) in [6, 6.07) is 1.36. The Hall–Kier alpha value is -1.81. The second-order valence-corrected chi connectivity index (χ2v) is 4.41. The average molecular weight is 285 g/mol. The van der Waals surface area contributed by atoms with Gasteiger partial charge in [0.05, 0.1) is 6.61 Å².